The van der Waals surface area contributed by atoms with Crippen LogP contribution in [0, 0.1) is 0 Å². The number of amides is 1. The lowest BCUT2D eigenvalue weighted by Gasteiger charge is -2.06. The monoisotopic (exact) mass is 337 g/mol. The van der Waals surface area contributed by atoms with Gasteiger partial charge >= 0.3 is 0 Å². The Kier molecular flexibility index (Phi) is 3.84. The van der Waals surface area contributed by atoms with Crippen LogP contribution in [0.5, 0.6) is 0 Å². The van der Waals surface area contributed by atoms with Gasteiger partial charge in [0.1, 0.15) is 0 Å². The van der Waals surface area contributed by atoms with E-state index in [-0.39, 0.29) is 5.91 Å². The first-order valence-corrected chi connectivity index (χ1v) is 8.42. The van der Waals surface area contributed by atoms with Crippen molar-refractivity contribution >= 4 is 43.6 Å². The van der Waals surface area contributed by atoms with Crippen LogP contribution in [0.4, 0.5) is 5.13 Å². The summed E-state index contributed by atoms with van der Waals surface area (Å²) in [6, 6.07) is 13.4. The van der Waals surface area contributed by atoms with Crippen LogP contribution in [-0.4, -0.2) is 33.9 Å². The summed E-state index contributed by atoms with van der Waals surface area (Å²) in [5.74, 6) is -0.0994. The summed E-state index contributed by atoms with van der Waals surface area (Å²) in [6.07, 6.45) is 1.62. The quantitative estimate of drug-likeness (QED) is 0.489. The summed E-state index contributed by atoms with van der Waals surface area (Å²) < 4.78 is 1.15. The number of imidazole rings is 1. The lowest BCUT2D eigenvalue weighted by Crippen LogP contribution is -2.28. The van der Waals surface area contributed by atoms with Gasteiger partial charge < -0.3 is 15.6 Å². The van der Waals surface area contributed by atoms with Gasteiger partial charge in [-0.25, -0.2) is 9.97 Å². The van der Waals surface area contributed by atoms with Gasteiger partial charge in [0.25, 0.3) is 5.91 Å². The number of benzene rings is 2. The van der Waals surface area contributed by atoms with E-state index >= 15 is 0 Å². The van der Waals surface area contributed by atoms with Gasteiger partial charge in [0.2, 0.25) is 0 Å². The van der Waals surface area contributed by atoms with E-state index in [1.807, 2.05) is 30.3 Å². The lowest BCUT2D eigenvalue weighted by molar-refractivity contribution is 0.0955. The molecule has 1 amide bonds. The maximum Gasteiger partial charge on any atom is 0.251 e. The van der Waals surface area contributed by atoms with Crippen LogP contribution in [0.2, 0.25) is 0 Å². The molecule has 4 aromatic rings. The molecule has 0 aliphatic heterocycles. The highest BCUT2D eigenvalue weighted by Crippen LogP contribution is 2.24. The average Bonchev–Trinajstić information content (AvgIpc) is 3.23. The maximum absolute atomic E-state index is 12.2. The third-order valence-electron chi connectivity index (χ3n) is 3.66. The zero-order valence-electron chi connectivity index (χ0n) is 12.7. The van der Waals surface area contributed by atoms with Crippen LogP contribution >= 0.6 is 11.3 Å². The molecule has 2 aromatic carbocycles. The Morgan fingerprint density at radius 1 is 1.12 bits per heavy atom. The van der Waals surface area contributed by atoms with E-state index in [2.05, 4.69) is 25.6 Å². The molecule has 4 rings (SSSR count). The van der Waals surface area contributed by atoms with Crippen LogP contribution in [-0.2, 0) is 0 Å². The molecule has 0 spiro atoms. The number of aromatic nitrogens is 3. The van der Waals surface area contributed by atoms with Crippen molar-refractivity contribution in [3.63, 3.8) is 0 Å². The Labute approximate surface area is 141 Å². The Balaban J connectivity index is 1.32. The number of hydrogen-bond acceptors (Lipinski definition) is 5. The standard InChI is InChI=1S/C17H15N5OS/c23-16(11-5-6-12-14(9-11)21-10-20-12)18-7-8-19-17-22-13-3-1-2-4-15(13)24-17/h1-6,9-10H,7-8H2,(H,18,23)(H,19,22)(H,20,21). The van der Waals surface area contributed by atoms with Crippen LogP contribution < -0.4 is 10.6 Å². The summed E-state index contributed by atoms with van der Waals surface area (Å²) in [6.45, 7) is 1.15. The Morgan fingerprint density at radius 3 is 2.96 bits per heavy atom. The number of anilines is 1. The van der Waals surface area contributed by atoms with E-state index in [1.54, 1.807) is 29.8 Å². The highest BCUT2D eigenvalue weighted by Gasteiger charge is 2.07. The van der Waals surface area contributed by atoms with Crippen LogP contribution in [0.25, 0.3) is 21.3 Å². The number of para-hydroxylation sites is 1. The molecule has 2 heterocycles. The minimum absolute atomic E-state index is 0.0994. The van der Waals surface area contributed by atoms with Crippen molar-refractivity contribution in [3.05, 3.63) is 54.4 Å². The van der Waals surface area contributed by atoms with Crippen molar-refractivity contribution in [2.24, 2.45) is 0 Å². The molecule has 120 valence electrons. The Bertz CT molecular complexity index is 973. The fourth-order valence-electron chi connectivity index (χ4n) is 2.47. The van der Waals surface area contributed by atoms with Crippen LogP contribution in [0.3, 0.4) is 0 Å². The van der Waals surface area contributed by atoms with Gasteiger partial charge in [0.15, 0.2) is 5.13 Å². The van der Waals surface area contributed by atoms with Crippen molar-refractivity contribution in [1.29, 1.82) is 0 Å². The van der Waals surface area contributed by atoms with Gasteiger partial charge in [-0.05, 0) is 30.3 Å². The van der Waals surface area contributed by atoms with Gasteiger partial charge in [0, 0.05) is 18.7 Å². The topological polar surface area (TPSA) is 82.7 Å². The first kappa shape index (κ1) is 14.6. The predicted octanol–water partition coefficient (Wildman–Crippen LogP) is 3.01. The van der Waals surface area contributed by atoms with Crippen molar-refractivity contribution in [3.8, 4) is 0 Å². The van der Waals surface area contributed by atoms with Crippen LogP contribution in [0.1, 0.15) is 10.4 Å². The first-order valence-electron chi connectivity index (χ1n) is 7.60. The molecule has 7 heteroatoms. The summed E-state index contributed by atoms with van der Waals surface area (Å²) >= 11 is 1.61. The summed E-state index contributed by atoms with van der Waals surface area (Å²) in [5, 5.41) is 7.01. The highest BCUT2D eigenvalue weighted by molar-refractivity contribution is 7.22. The fourth-order valence-corrected chi connectivity index (χ4v) is 3.36. The fraction of sp³-hybridized carbons (Fsp3) is 0.118. The second-order valence-corrected chi connectivity index (χ2v) is 6.33. The number of nitrogens with one attached hydrogen (secondary N) is 3. The van der Waals surface area contributed by atoms with E-state index in [0.717, 1.165) is 26.4 Å². The van der Waals surface area contributed by atoms with Gasteiger partial charge in [-0.15, -0.1) is 0 Å². The smallest absolute Gasteiger partial charge is 0.251 e. The van der Waals surface area contributed by atoms with Crippen molar-refractivity contribution in [1.82, 2.24) is 20.3 Å². The molecule has 0 atom stereocenters. The van der Waals surface area contributed by atoms with E-state index in [9.17, 15) is 4.79 Å². The number of thiazole rings is 1. The Morgan fingerprint density at radius 2 is 2.04 bits per heavy atom. The largest absolute Gasteiger partial charge is 0.360 e. The number of H-pyrrole nitrogens is 1. The molecule has 0 saturated carbocycles. The van der Waals surface area contributed by atoms with E-state index in [0.29, 0.717) is 18.7 Å². The second kappa shape index (κ2) is 6.29. The zero-order chi connectivity index (χ0) is 16.4. The molecule has 6 nitrogen and oxygen atoms in total. The molecular formula is C17H15N5OS. The normalized spacial score (nSPS) is 11.0. The summed E-state index contributed by atoms with van der Waals surface area (Å²) in [5.41, 5.74) is 3.31. The molecule has 0 saturated heterocycles. The van der Waals surface area contributed by atoms with Crippen LogP contribution in [0.15, 0.2) is 48.8 Å². The van der Waals surface area contributed by atoms with Crippen molar-refractivity contribution < 1.29 is 4.79 Å². The molecular weight excluding hydrogens is 322 g/mol. The Hall–Kier alpha value is -2.93. The van der Waals surface area contributed by atoms with Crippen molar-refractivity contribution in [2.45, 2.75) is 0 Å². The SMILES string of the molecule is O=C(NCCNc1nc2ccccc2s1)c1ccc2nc[nH]c2c1. The third-order valence-corrected chi connectivity index (χ3v) is 4.66. The number of nitrogens with zero attached hydrogens (tertiary/aromatic N) is 2. The number of rotatable bonds is 5. The molecule has 24 heavy (non-hydrogen) atoms. The number of fused-ring (bicyclic) bond motifs is 2. The number of carbonyl (C=O) groups is 1. The first-order chi connectivity index (χ1) is 11.8. The molecule has 3 N–H and O–H groups in total. The summed E-state index contributed by atoms with van der Waals surface area (Å²) in [4.78, 5) is 23.8. The lowest BCUT2D eigenvalue weighted by atomic mass is 10.2. The summed E-state index contributed by atoms with van der Waals surface area (Å²) in [7, 11) is 0. The molecule has 0 aliphatic rings. The van der Waals surface area contributed by atoms with Crippen molar-refractivity contribution in [2.75, 3.05) is 18.4 Å². The molecule has 0 unspecified atom stereocenters. The second-order valence-electron chi connectivity index (χ2n) is 5.30. The van der Waals surface area contributed by atoms with Gasteiger partial charge in [0.05, 0.1) is 27.6 Å². The van der Waals surface area contributed by atoms with E-state index < -0.39 is 0 Å². The minimum Gasteiger partial charge on any atom is -0.360 e. The number of hydrogen-bond donors (Lipinski definition) is 3. The number of carbonyl (C=O) groups excluding carboxylic acids is 1. The van der Waals surface area contributed by atoms with Gasteiger partial charge in [-0.3, -0.25) is 4.79 Å². The van der Waals surface area contributed by atoms with Gasteiger partial charge in [-0.2, -0.15) is 0 Å². The predicted molar refractivity (Wildman–Crippen MR) is 96.5 cm³/mol. The average molecular weight is 337 g/mol. The van der Waals surface area contributed by atoms with E-state index in [4.69, 9.17) is 0 Å². The number of aromatic amines is 1. The van der Waals surface area contributed by atoms with E-state index in [1.165, 1.54) is 0 Å². The highest BCUT2D eigenvalue weighted by atomic mass is 32.1. The zero-order valence-corrected chi connectivity index (χ0v) is 13.6. The third kappa shape index (κ3) is 2.93. The van der Waals surface area contributed by atoms with Gasteiger partial charge in [-0.1, -0.05) is 23.5 Å². The minimum atomic E-state index is -0.0994. The molecule has 0 radical (unpaired) electrons. The maximum atomic E-state index is 12.2. The molecule has 2 aromatic heterocycles. The molecule has 0 bridgehead atoms. The molecule has 0 fully saturated rings. The molecule has 0 aliphatic carbocycles.